The Kier molecular flexibility index (Phi) is 4.12. The summed E-state index contributed by atoms with van der Waals surface area (Å²) in [5, 5.41) is 2.45. The highest BCUT2D eigenvalue weighted by Gasteiger charge is 2.37. The number of amides is 4. The van der Waals surface area contributed by atoms with Gasteiger partial charge in [-0.15, -0.1) is 0 Å². The molecule has 1 N–H and O–H groups in total. The minimum Gasteiger partial charge on any atom is -0.463 e. The van der Waals surface area contributed by atoms with Crippen molar-refractivity contribution in [2.45, 2.75) is 6.92 Å². The molecule has 0 unspecified atom stereocenters. The van der Waals surface area contributed by atoms with Crippen LogP contribution >= 0.6 is 0 Å². The lowest BCUT2D eigenvalue weighted by molar-refractivity contribution is -0.122. The van der Waals surface area contributed by atoms with Crippen LogP contribution < -0.4 is 15.6 Å². The Bertz CT molecular complexity index is 1220. The van der Waals surface area contributed by atoms with Crippen LogP contribution in [0.5, 0.6) is 0 Å². The molecule has 0 atom stereocenters. The van der Waals surface area contributed by atoms with E-state index in [-0.39, 0.29) is 16.6 Å². The summed E-state index contributed by atoms with van der Waals surface area (Å²) < 4.78 is 5.41. The summed E-state index contributed by atoms with van der Waals surface area (Å²) in [5.74, 6) is -1.68. The fourth-order valence-electron chi connectivity index (χ4n) is 2.93. The van der Waals surface area contributed by atoms with Gasteiger partial charge in [0.2, 0.25) is 0 Å². The highest BCUT2D eigenvalue weighted by molar-refractivity contribution is 6.39. The van der Waals surface area contributed by atoms with Crippen LogP contribution in [0, 0.1) is 6.92 Å². The van der Waals surface area contributed by atoms with E-state index in [2.05, 4.69) is 5.32 Å². The molecule has 1 fully saturated rings. The first-order chi connectivity index (χ1) is 13.5. The Morgan fingerprint density at radius 3 is 2.43 bits per heavy atom. The second kappa shape index (κ2) is 6.62. The number of barbiturate groups is 1. The molecule has 0 aliphatic carbocycles. The topological polar surface area (TPSA) is 96.7 Å². The number of carbonyl (C=O) groups is 3. The standard InChI is InChI=1S/C21H14N2O5/c1-12-6-8-14(9-7-12)23-20(26)16(19(25)22-21(23)27)10-13-11-28-17-5-3-2-4-15(17)18(13)24/h2-11H,1H3,(H,22,25,27). The second-order valence-electron chi connectivity index (χ2n) is 6.31. The molecule has 1 saturated heterocycles. The van der Waals surface area contributed by atoms with Gasteiger partial charge >= 0.3 is 6.03 Å². The van der Waals surface area contributed by atoms with Crippen molar-refractivity contribution >= 4 is 40.6 Å². The average Bonchev–Trinajstić information content (AvgIpc) is 2.68. The zero-order valence-electron chi connectivity index (χ0n) is 14.8. The molecule has 7 heteroatoms. The van der Waals surface area contributed by atoms with Crippen molar-refractivity contribution in [2.24, 2.45) is 0 Å². The number of nitrogens with zero attached hydrogens (tertiary/aromatic N) is 1. The van der Waals surface area contributed by atoms with Crippen LogP contribution in [0.2, 0.25) is 0 Å². The van der Waals surface area contributed by atoms with Crippen molar-refractivity contribution in [3.05, 3.63) is 81.7 Å². The number of hydrogen-bond acceptors (Lipinski definition) is 5. The minimum absolute atomic E-state index is 0.0374. The molecular formula is C21H14N2O5. The van der Waals surface area contributed by atoms with E-state index in [9.17, 15) is 19.2 Å². The first-order valence-corrected chi connectivity index (χ1v) is 8.44. The third-order valence-corrected chi connectivity index (χ3v) is 4.40. The summed E-state index contributed by atoms with van der Waals surface area (Å²) in [5.41, 5.74) is 0.990. The normalized spacial score (nSPS) is 16.0. The number of carbonyl (C=O) groups excluding carboxylic acids is 3. The lowest BCUT2D eigenvalue weighted by Crippen LogP contribution is -2.54. The molecule has 0 bridgehead atoms. The molecule has 0 spiro atoms. The smallest absolute Gasteiger partial charge is 0.335 e. The second-order valence-corrected chi connectivity index (χ2v) is 6.31. The zero-order valence-corrected chi connectivity index (χ0v) is 14.8. The number of anilines is 1. The van der Waals surface area contributed by atoms with Crippen LogP contribution in [0.4, 0.5) is 10.5 Å². The molecule has 2 aromatic carbocycles. The van der Waals surface area contributed by atoms with Crippen LogP contribution in [0.15, 0.2) is 69.6 Å². The van der Waals surface area contributed by atoms with Crippen molar-refractivity contribution in [1.29, 1.82) is 0 Å². The zero-order chi connectivity index (χ0) is 19.8. The van der Waals surface area contributed by atoms with E-state index in [1.807, 2.05) is 6.92 Å². The molecule has 2 heterocycles. The maximum atomic E-state index is 12.9. The number of nitrogens with one attached hydrogen (secondary N) is 1. The van der Waals surface area contributed by atoms with Gasteiger partial charge in [-0.25, -0.2) is 9.69 Å². The van der Waals surface area contributed by atoms with Crippen LogP contribution in [-0.4, -0.2) is 17.8 Å². The van der Waals surface area contributed by atoms with E-state index < -0.39 is 17.8 Å². The molecule has 0 saturated carbocycles. The van der Waals surface area contributed by atoms with Gasteiger partial charge in [-0.05, 0) is 37.3 Å². The van der Waals surface area contributed by atoms with Gasteiger partial charge in [-0.2, -0.15) is 0 Å². The molecule has 1 aliphatic rings. The molecule has 4 rings (SSSR count). The molecule has 3 aromatic rings. The highest BCUT2D eigenvalue weighted by Crippen LogP contribution is 2.22. The van der Waals surface area contributed by atoms with Gasteiger partial charge in [-0.3, -0.25) is 19.7 Å². The van der Waals surface area contributed by atoms with Gasteiger partial charge in [0, 0.05) is 0 Å². The van der Waals surface area contributed by atoms with Gasteiger partial charge in [0.15, 0.2) is 5.43 Å². The lowest BCUT2D eigenvalue weighted by Gasteiger charge is -2.26. The molecule has 0 radical (unpaired) electrons. The fourth-order valence-corrected chi connectivity index (χ4v) is 2.93. The van der Waals surface area contributed by atoms with Crippen LogP contribution in [0.25, 0.3) is 17.0 Å². The van der Waals surface area contributed by atoms with Gasteiger partial charge in [0.05, 0.1) is 16.6 Å². The monoisotopic (exact) mass is 374 g/mol. The number of para-hydroxylation sites is 1. The maximum absolute atomic E-state index is 12.9. The quantitative estimate of drug-likeness (QED) is 0.550. The Morgan fingerprint density at radius 2 is 1.68 bits per heavy atom. The summed E-state index contributed by atoms with van der Waals surface area (Å²) in [6.07, 6.45) is 2.33. The number of rotatable bonds is 2. The molecular weight excluding hydrogens is 360 g/mol. The number of aryl methyl sites for hydroxylation is 1. The third kappa shape index (κ3) is 2.88. The maximum Gasteiger partial charge on any atom is 0.335 e. The third-order valence-electron chi connectivity index (χ3n) is 4.40. The number of hydrogen-bond donors (Lipinski definition) is 1. The van der Waals surface area contributed by atoms with Crippen LogP contribution in [-0.2, 0) is 9.59 Å². The van der Waals surface area contributed by atoms with Crippen LogP contribution in [0.3, 0.4) is 0 Å². The van der Waals surface area contributed by atoms with Gasteiger partial charge in [0.25, 0.3) is 11.8 Å². The minimum atomic E-state index is -0.870. The fraction of sp³-hybridized carbons (Fsp3) is 0.0476. The van der Waals surface area contributed by atoms with E-state index in [0.29, 0.717) is 16.7 Å². The summed E-state index contributed by atoms with van der Waals surface area (Å²) in [7, 11) is 0. The number of benzene rings is 2. The largest absolute Gasteiger partial charge is 0.463 e. The predicted molar refractivity (Wildman–Crippen MR) is 103 cm³/mol. The Labute approximate surface area is 158 Å². The van der Waals surface area contributed by atoms with E-state index >= 15 is 0 Å². The number of imide groups is 2. The van der Waals surface area contributed by atoms with Crippen molar-refractivity contribution in [3.8, 4) is 0 Å². The Hall–Kier alpha value is -4.00. The molecule has 4 amide bonds. The van der Waals surface area contributed by atoms with Crippen molar-refractivity contribution in [1.82, 2.24) is 5.32 Å². The summed E-state index contributed by atoms with van der Waals surface area (Å²) in [4.78, 5) is 50.8. The number of fused-ring (bicyclic) bond motifs is 1. The van der Waals surface area contributed by atoms with Gasteiger partial charge in [-0.1, -0.05) is 29.8 Å². The van der Waals surface area contributed by atoms with E-state index in [1.165, 1.54) is 6.26 Å². The van der Waals surface area contributed by atoms with Gasteiger partial charge < -0.3 is 4.42 Å². The summed E-state index contributed by atoms with van der Waals surface area (Å²) in [6.45, 7) is 1.87. The molecule has 1 aromatic heterocycles. The molecule has 1 aliphatic heterocycles. The Morgan fingerprint density at radius 1 is 0.964 bits per heavy atom. The molecule has 7 nitrogen and oxygen atoms in total. The van der Waals surface area contributed by atoms with Gasteiger partial charge in [0.1, 0.15) is 17.4 Å². The summed E-state index contributed by atoms with van der Waals surface area (Å²) >= 11 is 0. The van der Waals surface area contributed by atoms with Crippen molar-refractivity contribution in [2.75, 3.05) is 4.90 Å². The van der Waals surface area contributed by atoms with E-state index in [0.717, 1.165) is 16.5 Å². The first-order valence-electron chi connectivity index (χ1n) is 8.44. The molecule has 138 valence electrons. The predicted octanol–water partition coefficient (Wildman–Crippen LogP) is 2.77. The Balaban J connectivity index is 1.80. The highest BCUT2D eigenvalue weighted by atomic mass is 16.3. The molecule has 28 heavy (non-hydrogen) atoms. The van der Waals surface area contributed by atoms with Crippen LogP contribution in [0.1, 0.15) is 11.1 Å². The summed E-state index contributed by atoms with van der Waals surface area (Å²) in [6, 6.07) is 12.5. The van der Waals surface area contributed by atoms with E-state index in [1.54, 1.807) is 48.5 Å². The average molecular weight is 374 g/mol. The number of urea groups is 1. The first kappa shape index (κ1) is 17.4. The van der Waals surface area contributed by atoms with Crippen molar-refractivity contribution in [3.63, 3.8) is 0 Å². The van der Waals surface area contributed by atoms with Crippen molar-refractivity contribution < 1.29 is 18.8 Å². The lowest BCUT2D eigenvalue weighted by atomic mass is 10.1. The van der Waals surface area contributed by atoms with E-state index in [4.69, 9.17) is 4.42 Å². The SMILES string of the molecule is Cc1ccc(N2C(=O)NC(=O)C(=Cc3coc4ccccc4c3=O)C2=O)cc1.